The SMILES string of the molecule is CC1(C)OB(c2cc(-c3cccc4c3oc3cc5ccccc5cc34)cc3ccccc23)OC1(C)C. The van der Waals surface area contributed by atoms with Gasteiger partial charge in [0.25, 0.3) is 0 Å². The first-order valence-electron chi connectivity index (χ1n) is 12.5. The number of fused-ring (bicyclic) bond motifs is 5. The van der Waals surface area contributed by atoms with E-state index in [9.17, 15) is 0 Å². The molecule has 36 heavy (non-hydrogen) atoms. The fraction of sp³-hybridized carbons (Fsp3) is 0.188. The van der Waals surface area contributed by atoms with Gasteiger partial charge in [0, 0.05) is 16.3 Å². The molecule has 176 valence electrons. The summed E-state index contributed by atoms with van der Waals surface area (Å²) in [4.78, 5) is 0. The van der Waals surface area contributed by atoms with E-state index in [0.29, 0.717) is 0 Å². The van der Waals surface area contributed by atoms with Crippen molar-refractivity contribution in [2.24, 2.45) is 0 Å². The Kier molecular flexibility index (Phi) is 4.49. The van der Waals surface area contributed by atoms with E-state index in [1.807, 2.05) is 0 Å². The highest BCUT2D eigenvalue weighted by molar-refractivity contribution is 6.65. The fourth-order valence-corrected chi connectivity index (χ4v) is 5.37. The molecule has 2 heterocycles. The van der Waals surface area contributed by atoms with Gasteiger partial charge in [0.2, 0.25) is 0 Å². The lowest BCUT2D eigenvalue weighted by Gasteiger charge is -2.32. The van der Waals surface area contributed by atoms with E-state index in [0.717, 1.165) is 49.3 Å². The van der Waals surface area contributed by atoms with Crippen molar-refractivity contribution in [3.8, 4) is 11.1 Å². The molecule has 0 atom stereocenters. The number of furan rings is 1. The molecule has 0 unspecified atom stereocenters. The van der Waals surface area contributed by atoms with Crippen LogP contribution >= 0.6 is 0 Å². The summed E-state index contributed by atoms with van der Waals surface area (Å²) < 4.78 is 19.5. The average molecular weight is 470 g/mol. The van der Waals surface area contributed by atoms with Crippen LogP contribution in [0, 0.1) is 0 Å². The highest BCUT2D eigenvalue weighted by Gasteiger charge is 2.52. The lowest BCUT2D eigenvalue weighted by molar-refractivity contribution is 0.00578. The van der Waals surface area contributed by atoms with E-state index in [2.05, 4.69) is 119 Å². The molecular formula is C32H27BO3. The van der Waals surface area contributed by atoms with Crippen LogP contribution in [0.15, 0.2) is 95.4 Å². The zero-order valence-electron chi connectivity index (χ0n) is 21.0. The third kappa shape index (κ3) is 3.15. The molecular weight excluding hydrogens is 443 g/mol. The van der Waals surface area contributed by atoms with Crippen molar-refractivity contribution < 1.29 is 13.7 Å². The molecule has 0 bridgehead atoms. The second-order valence-corrected chi connectivity index (χ2v) is 10.9. The molecule has 1 aliphatic rings. The molecule has 7 rings (SSSR count). The summed E-state index contributed by atoms with van der Waals surface area (Å²) in [5, 5.41) is 6.95. The van der Waals surface area contributed by atoms with Gasteiger partial charge in [-0.2, -0.15) is 0 Å². The number of hydrogen-bond acceptors (Lipinski definition) is 3. The maximum Gasteiger partial charge on any atom is 0.495 e. The van der Waals surface area contributed by atoms with Gasteiger partial charge in [0.05, 0.1) is 11.2 Å². The van der Waals surface area contributed by atoms with E-state index in [4.69, 9.17) is 13.7 Å². The Hall–Kier alpha value is -3.60. The monoisotopic (exact) mass is 470 g/mol. The molecule has 0 N–H and O–H groups in total. The van der Waals surface area contributed by atoms with Gasteiger partial charge < -0.3 is 13.7 Å². The van der Waals surface area contributed by atoms with E-state index in [-0.39, 0.29) is 0 Å². The van der Waals surface area contributed by atoms with E-state index < -0.39 is 18.3 Å². The largest absolute Gasteiger partial charge is 0.495 e. The zero-order chi connectivity index (χ0) is 24.7. The minimum absolute atomic E-state index is 0.407. The second kappa shape index (κ2) is 7.46. The second-order valence-electron chi connectivity index (χ2n) is 10.9. The molecule has 3 nitrogen and oxygen atoms in total. The Balaban J connectivity index is 1.46. The quantitative estimate of drug-likeness (QED) is 0.242. The summed E-state index contributed by atoms with van der Waals surface area (Å²) in [6.45, 7) is 8.38. The third-order valence-electron chi connectivity index (χ3n) is 8.08. The number of benzene rings is 5. The van der Waals surface area contributed by atoms with Crippen LogP contribution in [0.3, 0.4) is 0 Å². The topological polar surface area (TPSA) is 31.6 Å². The van der Waals surface area contributed by atoms with Gasteiger partial charge in [-0.15, -0.1) is 0 Å². The van der Waals surface area contributed by atoms with Gasteiger partial charge in [-0.1, -0.05) is 72.8 Å². The first-order valence-corrected chi connectivity index (χ1v) is 12.5. The molecule has 0 aliphatic carbocycles. The predicted molar refractivity (Wildman–Crippen MR) is 150 cm³/mol. The summed E-state index contributed by atoms with van der Waals surface area (Å²) in [6.07, 6.45) is 0. The van der Waals surface area contributed by atoms with Crippen molar-refractivity contribution in [3.63, 3.8) is 0 Å². The fourth-order valence-electron chi connectivity index (χ4n) is 5.37. The molecule has 1 aromatic heterocycles. The number of para-hydroxylation sites is 1. The number of hydrogen-bond donors (Lipinski definition) is 0. The van der Waals surface area contributed by atoms with Crippen LogP contribution in [0.2, 0.25) is 0 Å². The predicted octanol–water partition coefficient (Wildman–Crippen LogP) is 7.86. The highest BCUT2D eigenvalue weighted by atomic mass is 16.7. The standard InChI is InChI=1S/C32H27BO3/c1-31(2)32(3,4)36-33(35-31)28-18-23(16-22-12-7-8-13-24(22)28)25-14-9-15-26-27-17-20-10-5-6-11-21(20)19-29(27)34-30(25)26/h5-19H,1-4H3. The molecule has 1 saturated heterocycles. The van der Waals surface area contributed by atoms with Gasteiger partial charge in [0.1, 0.15) is 11.2 Å². The maximum absolute atomic E-state index is 6.53. The van der Waals surface area contributed by atoms with Crippen LogP contribution in [-0.4, -0.2) is 18.3 Å². The van der Waals surface area contributed by atoms with Crippen molar-refractivity contribution in [2.75, 3.05) is 0 Å². The first-order chi connectivity index (χ1) is 17.3. The van der Waals surface area contributed by atoms with Crippen molar-refractivity contribution in [1.82, 2.24) is 0 Å². The van der Waals surface area contributed by atoms with E-state index in [1.54, 1.807) is 0 Å². The zero-order valence-corrected chi connectivity index (χ0v) is 21.0. The van der Waals surface area contributed by atoms with Gasteiger partial charge >= 0.3 is 7.12 Å². The van der Waals surface area contributed by atoms with Crippen LogP contribution in [0.25, 0.3) is 54.6 Å². The van der Waals surface area contributed by atoms with Crippen LogP contribution in [-0.2, 0) is 9.31 Å². The Bertz CT molecular complexity index is 1800. The lowest BCUT2D eigenvalue weighted by atomic mass is 9.74. The van der Waals surface area contributed by atoms with Gasteiger partial charge in [-0.3, -0.25) is 0 Å². The van der Waals surface area contributed by atoms with Crippen LogP contribution in [0.1, 0.15) is 27.7 Å². The minimum atomic E-state index is -0.444. The van der Waals surface area contributed by atoms with Gasteiger partial charge in [-0.25, -0.2) is 0 Å². The Morgan fingerprint density at radius 1 is 0.583 bits per heavy atom. The van der Waals surface area contributed by atoms with E-state index in [1.165, 1.54) is 10.8 Å². The third-order valence-corrected chi connectivity index (χ3v) is 8.08. The Morgan fingerprint density at radius 2 is 1.22 bits per heavy atom. The van der Waals surface area contributed by atoms with Gasteiger partial charge in [-0.05, 0) is 78.5 Å². The summed E-state index contributed by atoms with van der Waals surface area (Å²) in [7, 11) is -0.444. The summed E-state index contributed by atoms with van der Waals surface area (Å²) in [5.41, 5.74) is 4.19. The molecule has 1 aliphatic heterocycles. The lowest BCUT2D eigenvalue weighted by Crippen LogP contribution is -2.41. The molecule has 1 fully saturated rings. The molecule has 0 radical (unpaired) electrons. The molecule has 4 heteroatoms. The van der Waals surface area contributed by atoms with Crippen LogP contribution < -0.4 is 5.46 Å². The van der Waals surface area contributed by atoms with Crippen LogP contribution in [0.4, 0.5) is 0 Å². The molecule has 0 amide bonds. The number of rotatable bonds is 2. The smallest absolute Gasteiger partial charge is 0.455 e. The first kappa shape index (κ1) is 21.7. The Morgan fingerprint density at radius 3 is 1.97 bits per heavy atom. The minimum Gasteiger partial charge on any atom is -0.455 e. The normalized spacial score (nSPS) is 17.1. The highest BCUT2D eigenvalue weighted by Crippen LogP contribution is 2.40. The average Bonchev–Trinajstić information content (AvgIpc) is 3.33. The van der Waals surface area contributed by atoms with E-state index >= 15 is 0 Å². The van der Waals surface area contributed by atoms with Crippen molar-refractivity contribution in [1.29, 1.82) is 0 Å². The summed E-state index contributed by atoms with van der Waals surface area (Å²) in [6, 6.07) is 32.1. The molecule has 6 aromatic rings. The van der Waals surface area contributed by atoms with Gasteiger partial charge in [0.15, 0.2) is 0 Å². The van der Waals surface area contributed by atoms with Crippen molar-refractivity contribution in [2.45, 2.75) is 38.9 Å². The maximum atomic E-state index is 6.53. The van der Waals surface area contributed by atoms with Crippen molar-refractivity contribution in [3.05, 3.63) is 91.0 Å². The summed E-state index contributed by atoms with van der Waals surface area (Å²) in [5.74, 6) is 0. The molecule has 0 spiro atoms. The summed E-state index contributed by atoms with van der Waals surface area (Å²) >= 11 is 0. The van der Waals surface area contributed by atoms with Crippen molar-refractivity contribution >= 4 is 56.1 Å². The Labute approximate surface area is 210 Å². The molecule has 0 saturated carbocycles. The van der Waals surface area contributed by atoms with Crippen LogP contribution in [0.5, 0.6) is 0 Å². The molecule has 5 aromatic carbocycles.